The van der Waals surface area contributed by atoms with Gasteiger partial charge in [0.15, 0.2) is 0 Å². The molecule has 104 valence electrons. The average Bonchev–Trinajstić information content (AvgIpc) is 2.95. The molecule has 0 aliphatic heterocycles. The van der Waals surface area contributed by atoms with Gasteiger partial charge in [0.1, 0.15) is 11.6 Å². The molecule has 4 heteroatoms. The van der Waals surface area contributed by atoms with E-state index in [4.69, 9.17) is 4.74 Å². The highest BCUT2D eigenvalue weighted by Crippen LogP contribution is 2.78. The summed E-state index contributed by atoms with van der Waals surface area (Å²) in [6.07, 6.45) is 0.995. The number of hydrogen-bond donors (Lipinski definition) is 0. The number of Topliss-reactive ketones (excluding diaryl/α,β-unsaturated/α-hetero) is 2. The Bertz CT molecular complexity index is 496. The third-order valence-electron chi connectivity index (χ3n) is 5.87. The number of ketones is 2. The van der Waals surface area contributed by atoms with Gasteiger partial charge in [0.25, 0.3) is 0 Å². The van der Waals surface area contributed by atoms with Crippen molar-refractivity contribution in [1.82, 2.24) is 0 Å². The number of ether oxygens (including phenoxy) is 1. The molecule has 0 spiro atoms. The van der Waals surface area contributed by atoms with Crippen LogP contribution in [0.25, 0.3) is 0 Å². The zero-order chi connectivity index (χ0) is 14.2. The summed E-state index contributed by atoms with van der Waals surface area (Å²) in [5.41, 5.74) is -1.08. The summed E-state index contributed by atoms with van der Waals surface area (Å²) in [5, 5.41) is 0. The van der Waals surface area contributed by atoms with Crippen LogP contribution in [0.1, 0.15) is 33.6 Å². The van der Waals surface area contributed by atoms with Gasteiger partial charge in [0.05, 0.1) is 12.5 Å². The number of rotatable bonds is 3. The molecule has 3 fully saturated rings. The molecule has 0 aromatic rings. The molecule has 4 nitrogen and oxygen atoms in total. The first-order valence-electron chi connectivity index (χ1n) is 6.89. The van der Waals surface area contributed by atoms with Crippen LogP contribution in [-0.2, 0) is 19.1 Å². The predicted octanol–water partition coefficient (Wildman–Crippen LogP) is 1.62. The molecule has 3 saturated carbocycles. The molecule has 0 saturated heterocycles. The van der Waals surface area contributed by atoms with E-state index in [0.29, 0.717) is 18.8 Å². The zero-order valence-electron chi connectivity index (χ0n) is 11.9. The van der Waals surface area contributed by atoms with Gasteiger partial charge in [-0.25, -0.2) is 0 Å². The first kappa shape index (κ1) is 12.8. The topological polar surface area (TPSA) is 60.4 Å². The first-order valence-corrected chi connectivity index (χ1v) is 6.89. The summed E-state index contributed by atoms with van der Waals surface area (Å²) in [5.74, 6) is 0.678. The lowest BCUT2D eigenvalue weighted by molar-refractivity contribution is -0.153. The third kappa shape index (κ3) is 1.32. The van der Waals surface area contributed by atoms with Crippen molar-refractivity contribution in [3.8, 4) is 0 Å². The molecule has 6 atom stereocenters. The molecule has 0 N–H and O–H groups in total. The number of methoxy groups -OCH3 is 1. The van der Waals surface area contributed by atoms with Crippen molar-refractivity contribution in [2.24, 2.45) is 34.5 Å². The van der Waals surface area contributed by atoms with Gasteiger partial charge in [-0.1, -0.05) is 6.92 Å². The molecule has 0 radical (unpaired) electrons. The first-order chi connectivity index (χ1) is 8.77. The Hall–Kier alpha value is -1.19. The monoisotopic (exact) mass is 264 g/mol. The van der Waals surface area contributed by atoms with Crippen molar-refractivity contribution < 1.29 is 19.1 Å². The second-order valence-electron chi connectivity index (χ2n) is 7.01. The van der Waals surface area contributed by atoms with Crippen LogP contribution in [0.3, 0.4) is 0 Å². The Morgan fingerprint density at radius 3 is 2.47 bits per heavy atom. The molecule has 0 bridgehead atoms. The van der Waals surface area contributed by atoms with Crippen molar-refractivity contribution >= 4 is 17.5 Å². The van der Waals surface area contributed by atoms with E-state index in [0.717, 1.165) is 0 Å². The van der Waals surface area contributed by atoms with Crippen LogP contribution in [0.5, 0.6) is 0 Å². The molecular formula is C15H20O4. The highest BCUT2D eigenvalue weighted by molar-refractivity contribution is 5.99. The SMILES string of the molecule is COC(=O)C1(C)C[C@@H]2[C@H]3C(C(=O)[C@@]2(C)CC(C)=O)C31. The number of esters is 1. The van der Waals surface area contributed by atoms with Crippen LogP contribution in [0.2, 0.25) is 0 Å². The molecule has 3 aliphatic rings. The normalized spacial score (nSPS) is 50.0. The molecular weight excluding hydrogens is 244 g/mol. The van der Waals surface area contributed by atoms with Gasteiger partial charge in [-0.15, -0.1) is 0 Å². The molecule has 0 aromatic carbocycles. The van der Waals surface area contributed by atoms with E-state index >= 15 is 0 Å². The molecule has 3 rings (SSSR count). The van der Waals surface area contributed by atoms with Crippen LogP contribution in [0.15, 0.2) is 0 Å². The summed E-state index contributed by atoms with van der Waals surface area (Å²) in [7, 11) is 1.40. The Labute approximate surface area is 112 Å². The molecule has 0 aromatic heterocycles. The lowest BCUT2D eigenvalue weighted by atomic mass is 9.72. The lowest BCUT2D eigenvalue weighted by Gasteiger charge is -2.30. The Morgan fingerprint density at radius 1 is 1.37 bits per heavy atom. The maximum atomic E-state index is 12.6. The highest BCUT2D eigenvalue weighted by atomic mass is 16.5. The van der Waals surface area contributed by atoms with Crippen molar-refractivity contribution in [3.05, 3.63) is 0 Å². The van der Waals surface area contributed by atoms with Gasteiger partial charge in [-0.2, -0.15) is 0 Å². The number of carbonyl (C=O) groups excluding carboxylic acids is 3. The standard InChI is InChI=1S/C15H20O4/c1-7(16)5-14(2)8-6-15(3,13(18)19-4)11-9(8)10(11)12(14)17/h8-11H,5-6H2,1-4H3/t8-,9+,10?,11?,14+,15?/m1/s1. The molecule has 3 unspecified atom stereocenters. The number of fused-ring (bicyclic) bond motifs is 1. The summed E-state index contributed by atoms with van der Waals surface area (Å²) in [6.45, 7) is 5.37. The molecule has 0 heterocycles. The van der Waals surface area contributed by atoms with E-state index in [1.807, 2.05) is 13.8 Å². The molecule has 0 amide bonds. The van der Waals surface area contributed by atoms with Gasteiger partial charge in [-0.05, 0) is 38.0 Å². The highest BCUT2D eigenvalue weighted by Gasteiger charge is 2.81. The maximum Gasteiger partial charge on any atom is 0.311 e. The van der Waals surface area contributed by atoms with Gasteiger partial charge in [0, 0.05) is 17.8 Å². The quantitative estimate of drug-likeness (QED) is 0.727. The van der Waals surface area contributed by atoms with Crippen molar-refractivity contribution in [2.75, 3.05) is 7.11 Å². The van der Waals surface area contributed by atoms with E-state index in [9.17, 15) is 14.4 Å². The smallest absolute Gasteiger partial charge is 0.311 e. The maximum absolute atomic E-state index is 12.6. The number of carbonyl (C=O) groups is 3. The average molecular weight is 264 g/mol. The van der Waals surface area contributed by atoms with Crippen molar-refractivity contribution in [2.45, 2.75) is 33.6 Å². The van der Waals surface area contributed by atoms with Crippen LogP contribution < -0.4 is 0 Å². The predicted molar refractivity (Wildman–Crippen MR) is 67.1 cm³/mol. The fourth-order valence-corrected chi connectivity index (χ4v) is 5.12. The Balaban J connectivity index is 1.94. The molecule has 3 aliphatic carbocycles. The lowest BCUT2D eigenvalue weighted by Crippen LogP contribution is -2.33. The van der Waals surface area contributed by atoms with E-state index in [1.54, 1.807) is 0 Å². The number of hydrogen-bond acceptors (Lipinski definition) is 4. The van der Waals surface area contributed by atoms with Gasteiger partial charge in [-0.3, -0.25) is 14.4 Å². The van der Waals surface area contributed by atoms with E-state index < -0.39 is 10.8 Å². The van der Waals surface area contributed by atoms with E-state index in [2.05, 4.69) is 0 Å². The minimum atomic E-state index is -0.552. The van der Waals surface area contributed by atoms with Crippen LogP contribution in [0.4, 0.5) is 0 Å². The minimum absolute atomic E-state index is 0.00722. The van der Waals surface area contributed by atoms with Crippen LogP contribution >= 0.6 is 0 Å². The van der Waals surface area contributed by atoms with Crippen molar-refractivity contribution in [1.29, 1.82) is 0 Å². The van der Waals surface area contributed by atoms with Gasteiger partial charge < -0.3 is 4.74 Å². The van der Waals surface area contributed by atoms with Crippen LogP contribution in [-0.4, -0.2) is 24.6 Å². The fraction of sp³-hybridized carbons (Fsp3) is 0.800. The Morgan fingerprint density at radius 2 is 2.00 bits per heavy atom. The summed E-state index contributed by atoms with van der Waals surface area (Å²) in [6, 6.07) is 0. The van der Waals surface area contributed by atoms with Gasteiger partial charge in [0.2, 0.25) is 0 Å². The van der Waals surface area contributed by atoms with Gasteiger partial charge >= 0.3 is 5.97 Å². The largest absolute Gasteiger partial charge is 0.469 e. The summed E-state index contributed by atoms with van der Waals surface area (Å²) >= 11 is 0. The second kappa shape index (κ2) is 3.47. The fourth-order valence-electron chi connectivity index (χ4n) is 5.12. The molecule has 19 heavy (non-hydrogen) atoms. The summed E-state index contributed by atoms with van der Waals surface area (Å²) < 4.78 is 4.93. The minimum Gasteiger partial charge on any atom is -0.469 e. The van der Waals surface area contributed by atoms with Crippen LogP contribution in [0, 0.1) is 34.5 Å². The third-order valence-corrected chi connectivity index (χ3v) is 5.87. The van der Waals surface area contributed by atoms with E-state index in [1.165, 1.54) is 14.0 Å². The zero-order valence-corrected chi connectivity index (χ0v) is 11.9. The van der Waals surface area contributed by atoms with E-state index in [-0.39, 0.29) is 35.3 Å². The Kier molecular flexibility index (Phi) is 2.34. The second-order valence-corrected chi connectivity index (χ2v) is 7.01. The van der Waals surface area contributed by atoms with Crippen molar-refractivity contribution in [3.63, 3.8) is 0 Å². The summed E-state index contributed by atoms with van der Waals surface area (Å²) in [4.78, 5) is 36.0.